The minimum atomic E-state index is 0.965. The molecule has 0 unspecified atom stereocenters. The van der Waals surface area contributed by atoms with Crippen molar-refractivity contribution >= 4 is 49.6 Å². The van der Waals surface area contributed by atoms with Gasteiger partial charge in [0.15, 0.2) is 0 Å². The molecule has 0 N–H and O–H groups in total. The number of allylic oxidation sites excluding steroid dienone is 1. The first-order valence-electron chi connectivity index (χ1n) is 20.5. The van der Waals surface area contributed by atoms with Gasteiger partial charge in [0.1, 0.15) is 0 Å². The van der Waals surface area contributed by atoms with Crippen molar-refractivity contribution in [3.8, 4) is 55.9 Å². The first-order chi connectivity index (χ1) is 29.3. The molecule has 0 saturated heterocycles. The smallest absolute Gasteiger partial charge is 0.0541 e. The number of fused-ring (bicyclic) bond motifs is 7. The molecule has 2 nitrogen and oxygen atoms in total. The van der Waals surface area contributed by atoms with Gasteiger partial charge in [-0.05, 0) is 128 Å². The third-order valence-electron chi connectivity index (χ3n) is 12.4. The first kappa shape index (κ1) is 33.5. The summed E-state index contributed by atoms with van der Waals surface area (Å²) in [6, 6.07) is 75.5. The molecule has 0 aliphatic heterocycles. The van der Waals surface area contributed by atoms with E-state index in [1.54, 1.807) is 0 Å². The summed E-state index contributed by atoms with van der Waals surface area (Å²) in [5.41, 5.74) is 18.6. The van der Waals surface area contributed by atoms with Crippen molar-refractivity contribution in [3.63, 3.8) is 0 Å². The zero-order valence-corrected chi connectivity index (χ0v) is 32.4. The third-order valence-corrected chi connectivity index (χ3v) is 12.4. The van der Waals surface area contributed by atoms with Gasteiger partial charge in [0.2, 0.25) is 0 Å². The number of hydrogen-bond acceptors (Lipinski definition) is 0. The van der Waals surface area contributed by atoms with Crippen molar-refractivity contribution < 1.29 is 0 Å². The lowest BCUT2D eigenvalue weighted by Gasteiger charge is -2.14. The van der Waals surface area contributed by atoms with Gasteiger partial charge in [0, 0.05) is 27.5 Å². The minimum Gasteiger partial charge on any atom is -0.310 e. The topological polar surface area (TPSA) is 9.86 Å². The highest BCUT2D eigenvalue weighted by molar-refractivity contribution is 6.11. The van der Waals surface area contributed by atoms with Crippen LogP contribution in [0, 0.1) is 0 Å². The molecule has 12 rings (SSSR count). The van der Waals surface area contributed by atoms with E-state index < -0.39 is 0 Å². The van der Waals surface area contributed by atoms with Gasteiger partial charge in [-0.1, -0.05) is 158 Å². The summed E-state index contributed by atoms with van der Waals surface area (Å²) in [7, 11) is 0. The van der Waals surface area contributed by atoms with E-state index in [9.17, 15) is 0 Å². The van der Waals surface area contributed by atoms with E-state index in [4.69, 9.17) is 0 Å². The lowest BCUT2D eigenvalue weighted by atomic mass is 9.93. The second kappa shape index (κ2) is 13.5. The summed E-state index contributed by atoms with van der Waals surface area (Å²) >= 11 is 0. The van der Waals surface area contributed by atoms with Crippen molar-refractivity contribution in [2.24, 2.45) is 0 Å². The number of aromatic nitrogens is 2. The quantitative estimate of drug-likeness (QED) is 0.160. The Balaban J connectivity index is 0.893. The maximum Gasteiger partial charge on any atom is 0.0541 e. The second-order valence-corrected chi connectivity index (χ2v) is 15.7. The fourth-order valence-electron chi connectivity index (χ4n) is 9.60. The van der Waals surface area contributed by atoms with Crippen LogP contribution >= 0.6 is 0 Å². The van der Waals surface area contributed by atoms with Gasteiger partial charge >= 0.3 is 0 Å². The van der Waals surface area contributed by atoms with Crippen molar-refractivity contribution in [1.29, 1.82) is 0 Å². The number of para-hydroxylation sites is 1. The number of hydrogen-bond donors (Lipinski definition) is 0. The molecule has 59 heavy (non-hydrogen) atoms. The van der Waals surface area contributed by atoms with E-state index in [-0.39, 0.29) is 0 Å². The molecule has 2 heterocycles. The molecule has 0 fully saturated rings. The van der Waals surface area contributed by atoms with Crippen LogP contribution < -0.4 is 0 Å². The average Bonchev–Trinajstić information content (AvgIpc) is 4.01. The van der Waals surface area contributed by atoms with Crippen molar-refractivity contribution in [1.82, 2.24) is 9.13 Å². The number of rotatable bonds is 6. The first-order valence-corrected chi connectivity index (χ1v) is 20.5. The Bertz CT molecular complexity index is 3420. The molecule has 1 aliphatic rings. The Morgan fingerprint density at radius 2 is 0.780 bits per heavy atom. The monoisotopic (exact) mass is 750 g/mol. The van der Waals surface area contributed by atoms with E-state index in [1.165, 1.54) is 105 Å². The fraction of sp³-hybridized carbons (Fsp3) is 0.0175. The molecule has 276 valence electrons. The van der Waals surface area contributed by atoms with Gasteiger partial charge in [-0.25, -0.2) is 0 Å². The molecule has 9 aromatic carbocycles. The fourth-order valence-corrected chi connectivity index (χ4v) is 9.60. The largest absolute Gasteiger partial charge is 0.310 e. The van der Waals surface area contributed by atoms with Crippen LogP contribution in [0.3, 0.4) is 0 Å². The zero-order chi connectivity index (χ0) is 38.9. The van der Waals surface area contributed by atoms with E-state index >= 15 is 0 Å². The summed E-state index contributed by atoms with van der Waals surface area (Å²) < 4.78 is 4.83. The molecule has 0 atom stereocenters. The van der Waals surface area contributed by atoms with Crippen LogP contribution in [-0.2, 0) is 6.42 Å². The van der Waals surface area contributed by atoms with E-state index in [0.717, 1.165) is 12.1 Å². The highest BCUT2D eigenvalue weighted by Gasteiger charge is 2.20. The lowest BCUT2D eigenvalue weighted by molar-refractivity contribution is 1.10. The number of benzene rings is 9. The molecular weight excluding hydrogens is 713 g/mol. The number of nitrogens with zero attached hydrogens (tertiary/aromatic N) is 2. The highest BCUT2D eigenvalue weighted by Crippen LogP contribution is 2.40. The van der Waals surface area contributed by atoms with Crippen LogP contribution in [0.25, 0.3) is 105 Å². The summed E-state index contributed by atoms with van der Waals surface area (Å²) in [5.74, 6) is 0. The Kier molecular flexibility index (Phi) is 7.64. The minimum absolute atomic E-state index is 0.965. The maximum absolute atomic E-state index is 2.43. The Morgan fingerprint density at radius 3 is 1.39 bits per heavy atom. The van der Waals surface area contributed by atoms with Gasteiger partial charge < -0.3 is 9.13 Å². The predicted molar refractivity (Wildman–Crippen MR) is 250 cm³/mol. The molecule has 0 radical (unpaired) electrons. The lowest BCUT2D eigenvalue weighted by Crippen LogP contribution is -1.96. The second-order valence-electron chi connectivity index (χ2n) is 15.7. The summed E-state index contributed by atoms with van der Waals surface area (Å²) in [4.78, 5) is 0. The van der Waals surface area contributed by atoms with Gasteiger partial charge in [-0.3, -0.25) is 0 Å². The summed E-state index contributed by atoms with van der Waals surface area (Å²) in [6.07, 6.45) is 5.54. The Hall–Kier alpha value is -7.68. The summed E-state index contributed by atoms with van der Waals surface area (Å²) in [5, 5.41) is 6.36. The molecule has 2 aromatic heterocycles. The molecule has 1 aliphatic carbocycles. The Morgan fingerprint density at radius 1 is 0.305 bits per heavy atom. The average molecular weight is 751 g/mol. The van der Waals surface area contributed by atoms with Crippen LogP contribution in [0.5, 0.6) is 0 Å². The highest BCUT2D eigenvalue weighted by atomic mass is 15.0. The third kappa shape index (κ3) is 5.41. The van der Waals surface area contributed by atoms with Crippen LogP contribution in [-0.4, -0.2) is 9.13 Å². The van der Waals surface area contributed by atoms with Crippen LogP contribution in [0.4, 0.5) is 0 Å². The molecular formula is C57H38N2. The molecule has 0 saturated carbocycles. The van der Waals surface area contributed by atoms with E-state index in [1.807, 2.05) is 0 Å². The normalized spacial score (nSPS) is 12.3. The maximum atomic E-state index is 2.43. The van der Waals surface area contributed by atoms with Gasteiger partial charge in [0.05, 0.1) is 22.2 Å². The van der Waals surface area contributed by atoms with Crippen molar-refractivity contribution in [2.45, 2.75) is 6.42 Å². The zero-order valence-electron chi connectivity index (χ0n) is 32.4. The summed E-state index contributed by atoms with van der Waals surface area (Å²) in [6.45, 7) is 0. The van der Waals surface area contributed by atoms with Crippen LogP contribution in [0.15, 0.2) is 212 Å². The Labute approximate surface area is 343 Å². The molecule has 11 aromatic rings. The van der Waals surface area contributed by atoms with E-state index in [2.05, 4.69) is 228 Å². The van der Waals surface area contributed by atoms with Crippen molar-refractivity contribution in [3.05, 3.63) is 224 Å². The van der Waals surface area contributed by atoms with Crippen molar-refractivity contribution in [2.75, 3.05) is 0 Å². The molecule has 0 bridgehead atoms. The van der Waals surface area contributed by atoms with Gasteiger partial charge in [-0.2, -0.15) is 0 Å². The van der Waals surface area contributed by atoms with Gasteiger partial charge in [0.25, 0.3) is 0 Å². The molecule has 0 spiro atoms. The SMILES string of the molecule is C1=Cc2c(c3cc(-c4ccccc4)ccc3n2-c2ccc(-c3cccc4c(-c5ccc(-n6c7ccccc7c7cc(-c8ccccc8)ccc76)cc5)cccc34)cc2)C1. The van der Waals surface area contributed by atoms with Gasteiger partial charge in [-0.15, -0.1) is 0 Å². The molecule has 0 amide bonds. The predicted octanol–water partition coefficient (Wildman–Crippen LogP) is 15.1. The standard InChI is InChI=1S/C57H38N2/c1-3-12-38(13-4-1)42-28-34-56-52(36-42)50-16-7-8-22-54(50)58(56)44-30-24-40(25-31-44)46-17-9-20-49-47(18-10-19-48(46)49)41-26-32-45(33-27-41)59-55-23-11-21-51(55)53-37-43(29-35-57(53)59)39-14-5-2-6-15-39/h1-20,22-37H,21H2. The van der Waals surface area contributed by atoms with Crippen LogP contribution in [0.1, 0.15) is 11.3 Å². The molecule has 2 heteroatoms. The van der Waals surface area contributed by atoms with E-state index in [0.29, 0.717) is 0 Å². The van der Waals surface area contributed by atoms with Crippen LogP contribution in [0.2, 0.25) is 0 Å².